The molecule has 2 fully saturated rings. The standard InChI is InChI=1S/C21H30N4O2/c1-18(7-10-24-13-15-27-16-14-24)23-20(26)25-11-8-21(17-22,9-12-25)19-5-3-2-4-6-19/h2-6,18H,7-16H2,1H3,(H,23,26)/t18-/m0/s1. The number of rotatable bonds is 5. The summed E-state index contributed by atoms with van der Waals surface area (Å²) in [6, 6.07) is 12.6. The molecule has 0 aromatic heterocycles. The van der Waals surface area contributed by atoms with E-state index in [0.29, 0.717) is 25.9 Å². The van der Waals surface area contributed by atoms with Crippen LogP contribution in [0.25, 0.3) is 0 Å². The van der Waals surface area contributed by atoms with Gasteiger partial charge in [0.05, 0.1) is 24.7 Å². The van der Waals surface area contributed by atoms with Gasteiger partial charge in [0.15, 0.2) is 0 Å². The zero-order valence-electron chi connectivity index (χ0n) is 16.2. The first-order valence-electron chi connectivity index (χ1n) is 9.95. The molecule has 27 heavy (non-hydrogen) atoms. The highest BCUT2D eigenvalue weighted by atomic mass is 16.5. The molecule has 146 valence electrons. The Bertz CT molecular complexity index is 644. The summed E-state index contributed by atoms with van der Waals surface area (Å²) in [4.78, 5) is 16.8. The van der Waals surface area contributed by atoms with Crippen LogP contribution in [0.3, 0.4) is 0 Å². The van der Waals surface area contributed by atoms with Gasteiger partial charge in [0.2, 0.25) is 0 Å². The molecule has 1 atom stereocenters. The average Bonchev–Trinajstić information content (AvgIpc) is 2.73. The molecular formula is C21H30N4O2. The van der Waals surface area contributed by atoms with Crippen molar-refractivity contribution in [2.75, 3.05) is 45.9 Å². The maximum Gasteiger partial charge on any atom is 0.317 e. The summed E-state index contributed by atoms with van der Waals surface area (Å²) in [5.41, 5.74) is 0.589. The van der Waals surface area contributed by atoms with Crippen LogP contribution >= 0.6 is 0 Å². The minimum atomic E-state index is -0.472. The molecule has 0 saturated carbocycles. The number of carbonyl (C=O) groups is 1. The van der Waals surface area contributed by atoms with Crippen LogP contribution in [-0.4, -0.2) is 67.8 Å². The molecule has 2 aliphatic rings. The summed E-state index contributed by atoms with van der Waals surface area (Å²) in [7, 11) is 0. The first-order chi connectivity index (χ1) is 13.1. The highest BCUT2D eigenvalue weighted by Gasteiger charge is 2.37. The van der Waals surface area contributed by atoms with Crippen molar-refractivity contribution in [1.29, 1.82) is 5.26 Å². The second-order valence-electron chi connectivity index (χ2n) is 7.64. The molecule has 0 spiro atoms. The number of piperidine rings is 1. The number of likely N-dealkylation sites (tertiary alicyclic amines) is 1. The number of hydrogen-bond donors (Lipinski definition) is 1. The molecule has 1 N–H and O–H groups in total. The molecular weight excluding hydrogens is 340 g/mol. The molecule has 2 amide bonds. The molecule has 6 nitrogen and oxygen atoms in total. The van der Waals surface area contributed by atoms with Crippen molar-refractivity contribution < 1.29 is 9.53 Å². The van der Waals surface area contributed by atoms with Crippen molar-refractivity contribution >= 4 is 6.03 Å². The number of nitrogens with zero attached hydrogens (tertiary/aromatic N) is 3. The van der Waals surface area contributed by atoms with E-state index in [1.807, 2.05) is 35.2 Å². The zero-order chi connectivity index (χ0) is 19.1. The first-order valence-corrected chi connectivity index (χ1v) is 9.95. The lowest BCUT2D eigenvalue weighted by Crippen LogP contribution is -2.50. The average molecular weight is 370 g/mol. The normalized spacial score (nSPS) is 21.3. The predicted octanol–water partition coefficient (Wildman–Crippen LogP) is 2.36. The van der Waals surface area contributed by atoms with Crippen LogP contribution in [0.4, 0.5) is 4.79 Å². The third-order valence-electron chi connectivity index (χ3n) is 5.80. The van der Waals surface area contributed by atoms with Crippen molar-refractivity contribution in [2.24, 2.45) is 0 Å². The molecule has 0 aliphatic carbocycles. The Balaban J connectivity index is 1.46. The van der Waals surface area contributed by atoms with Gasteiger partial charge in [0.1, 0.15) is 0 Å². The number of nitrogens with one attached hydrogen (secondary N) is 1. The molecule has 1 aromatic rings. The van der Waals surface area contributed by atoms with Gasteiger partial charge in [-0.05, 0) is 31.7 Å². The highest BCUT2D eigenvalue weighted by molar-refractivity contribution is 5.74. The quantitative estimate of drug-likeness (QED) is 0.864. The lowest BCUT2D eigenvalue weighted by molar-refractivity contribution is 0.0364. The Morgan fingerprint density at radius 1 is 1.22 bits per heavy atom. The van der Waals surface area contributed by atoms with Crippen molar-refractivity contribution in [3.8, 4) is 6.07 Å². The zero-order valence-corrected chi connectivity index (χ0v) is 16.2. The number of nitriles is 1. The van der Waals surface area contributed by atoms with Gasteiger partial charge in [-0.2, -0.15) is 5.26 Å². The van der Waals surface area contributed by atoms with Gasteiger partial charge in [0, 0.05) is 38.8 Å². The predicted molar refractivity (Wildman–Crippen MR) is 104 cm³/mol. The number of hydrogen-bond acceptors (Lipinski definition) is 4. The van der Waals surface area contributed by atoms with E-state index in [4.69, 9.17) is 4.74 Å². The minimum absolute atomic E-state index is 0.0101. The van der Waals surface area contributed by atoms with Crippen LogP contribution in [0.1, 0.15) is 31.7 Å². The summed E-state index contributed by atoms with van der Waals surface area (Å²) in [6.45, 7) is 7.83. The van der Waals surface area contributed by atoms with Crippen molar-refractivity contribution in [3.63, 3.8) is 0 Å². The van der Waals surface area contributed by atoms with E-state index in [1.165, 1.54) is 0 Å². The van der Waals surface area contributed by atoms with Gasteiger partial charge in [-0.25, -0.2) is 4.79 Å². The second kappa shape index (κ2) is 9.20. The van der Waals surface area contributed by atoms with Crippen LogP contribution < -0.4 is 5.32 Å². The van der Waals surface area contributed by atoms with Crippen molar-refractivity contribution in [3.05, 3.63) is 35.9 Å². The van der Waals surface area contributed by atoms with Crippen molar-refractivity contribution in [2.45, 2.75) is 37.6 Å². The minimum Gasteiger partial charge on any atom is -0.379 e. The van der Waals surface area contributed by atoms with E-state index in [-0.39, 0.29) is 12.1 Å². The largest absolute Gasteiger partial charge is 0.379 e. The Morgan fingerprint density at radius 2 is 1.89 bits per heavy atom. The van der Waals surface area contributed by atoms with Gasteiger partial charge in [-0.3, -0.25) is 4.90 Å². The SMILES string of the molecule is C[C@@H](CCN1CCOCC1)NC(=O)N1CCC(C#N)(c2ccccc2)CC1. The Kier molecular flexibility index (Phi) is 6.70. The van der Waals surface area contributed by atoms with Gasteiger partial charge in [0.25, 0.3) is 0 Å². The van der Waals surface area contributed by atoms with Crippen LogP contribution in [0.2, 0.25) is 0 Å². The lowest BCUT2D eigenvalue weighted by Gasteiger charge is -2.38. The number of ether oxygens (including phenoxy) is 1. The van der Waals surface area contributed by atoms with Crippen LogP contribution in [0.15, 0.2) is 30.3 Å². The molecule has 2 saturated heterocycles. The molecule has 1 aromatic carbocycles. The molecule has 2 aliphatic heterocycles. The summed E-state index contributed by atoms with van der Waals surface area (Å²) >= 11 is 0. The molecule has 0 bridgehead atoms. The molecule has 3 rings (SSSR count). The topological polar surface area (TPSA) is 68.6 Å². The van der Waals surface area contributed by atoms with Gasteiger partial charge >= 0.3 is 6.03 Å². The molecule has 6 heteroatoms. The lowest BCUT2D eigenvalue weighted by atomic mass is 9.74. The maximum absolute atomic E-state index is 12.6. The smallest absolute Gasteiger partial charge is 0.317 e. The Labute approximate surface area is 162 Å². The number of benzene rings is 1. The van der Waals surface area contributed by atoms with E-state index in [2.05, 4.69) is 23.2 Å². The third kappa shape index (κ3) is 5.00. The van der Waals surface area contributed by atoms with Crippen LogP contribution in [0, 0.1) is 11.3 Å². The maximum atomic E-state index is 12.6. The van der Waals surface area contributed by atoms with Gasteiger partial charge in [-0.1, -0.05) is 30.3 Å². The summed E-state index contributed by atoms with van der Waals surface area (Å²) in [5.74, 6) is 0. The summed E-state index contributed by atoms with van der Waals surface area (Å²) in [6.07, 6.45) is 2.30. The summed E-state index contributed by atoms with van der Waals surface area (Å²) < 4.78 is 5.37. The van der Waals surface area contributed by atoms with Crippen LogP contribution in [0.5, 0.6) is 0 Å². The number of morpholine rings is 1. The summed E-state index contributed by atoms with van der Waals surface area (Å²) in [5, 5.41) is 12.9. The van der Waals surface area contributed by atoms with E-state index in [9.17, 15) is 10.1 Å². The van der Waals surface area contributed by atoms with E-state index < -0.39 is 5.41 Å². The fraction of sp³-hybridized carbons (Fsp3) is 0.619. The number of carbonyl (C=O) groups excluding carboxylic acids is 1. The fourth-order valence-electron chi connectivity index (χ4n) is 3.89. The van der Waals surface area contributed by atoms with Gasteiger partial charge in [-0.15, -0.1) is 0 Å². The Hall–Kier alpha value is -2.10. The van der Waals surface area contributed by atoms with Gasteiger partial charge < -0.3 is 15.0 Å². The Morgan fingerprint density at radius 3 is 2.52 bits per heavy atom. The molecule has 0 unspecified atom stereocenters. The molecule has 0 radical (unpaired) electrons. The second-order valence-corrected chi connectivity index (χ2v) is 7.64. The van der Waals surface area contributed by atoms with E-state index in [0.717, 1.165) is 44.8 Å². The fourth-order valence-corrected chi connectivity index (χ4v) is 3.89. The van der Waals surface area contributed by atoms with Crippen molar-refractivity contribution in [1.82, 2.24) is 15.1 Å². The third-order valence-corrected chi connectivity index (χ3v) is 5.80. The monoisotopic (exact) mass is 370 g/mol. The van der Waals surface area contributed by atoms with E-state index in [1.54, 1.807) is 0 Å². The van der Waals surface area contributed by atoms with E-state index >= 15 is 0 Å². The van der Waals surface area contributed by atoms with Crippen LogP contribution in [-0.2, 0) is 10.2 Å². The number of amides is 2. The highest BCUT2D eigenvalue weighted by Crippen LogP contribution is 2.34. The number of urea groups is 1. The first kappa shape index (κ1) is 19.7. The molecule has 2 heterocycles.